The SMILES string of the molecule is CCOC(=O)c1csc(-n2cc(Oc3ccc(S(N)(=O)=O)cc3)c(C3=CCC(C)C=C3)n2)n1. The Kier molecular flexibility index (Phi) is 6.45. The van der Waals surface area contributed by atoms with Crippen molar-refractivity contribution < 1.29 is 22.7 Å². The van der Waals surface area contributed by atoms with Crippen LogP contribution in [-0.2, 0) is 14.8 Å². The second-order valence-corrected chi connectivity index (χ2v) is 9.77. The first-order valence-corrected chi connectivity index (χ1v) is 12.6. The zero-order valence-electron chi connectivity index (χ0n) is 18.0. The van der Waals surface area contributed by atoms with E-state index >= 15 is 0 Å². The summed E-state index contributed by atoms with van der Waals surface area (Å²) < 4.78 is 35.6. The minimum atomic E-state index is -3.80. The summed E-state index contributed by atoms with van der Waals surface area (Å²) in [4.78, 5) is 16.3. The van der Waals surface area contributed by atoms with E-state index in [4.69, 9.17) is 14.6 Å². The number of nitrogens with zero attached hydrogens (tertiary/aromatic N) is 3. The molecule has 2 N–H and O–H groups in total. The van der Waals surface area contributed by atoms with Crippen LogP contribution in [0, 0.1) is 5.92 Å². The van der Waals surface area contributed by atoms with Crippen LogP contribution in [0.5, 0.6) is 11.5 Å². The minimum absolute atomic E-state index is 0.00745. The number of benzene rings is 1. The standard InChI is InChI=1S/C22H22N4O5S2/c1-3-30-21(27)18-13-32-22(24-18)26-12-19(20(25-26)15-6-4-14(2)5-7-15)31-16-8-10-17(11-9-16)33(23,28)29/h4,6-14H,3,5H2,1-2H3,(H2,23,28,29). The predicted octanol–water partition coefficient (Wildman–Crippen LogP) is 3.92. The molecule has 1 aromatic carbocycles. The van der Waals surface area contributed by atoms with E-state index in [9.17, 15) is 13.2 Å². The molecule has 33 heavy (non-hydrogen) atoms. The van der Waals surface area contributed by atoms with E-state index < -0.39 is 16.0 Å². The molecule has 1 unspecified atom stereocenters. The number of nitrogens with two attached hydrogens (primary N) is 1. The summed E-state index contributed by atoms with van der Waals surface area (Å²) in [5.74, 6) is 0.808. The van der Waals surface area contributed by atoms with Gasteiger partial charge in [0.2, 0.25) is 15.2 Å². The fraction of sp³-hybridized carbons (Fsp3) is 0.227. The van der Waals surface area contributed by atoms with Crippen molar-refractivity contribution in [3.8, 4) is 16.6 Å². The summed E-state index contributed by atoms with van der Waals surface area (Å²) >= 11 is 1.25. The van der Waals surface area contributed by atoms with Crippen molar-refractivity contribution in [1.29, 1.82) is 0 Å². The van der Waals surface area contributed by atoms with Crippen LogP contribution in [0.4, 0.5) is 0 Å². The predicted molar refractivity (Wildman–Crippen MR) is 124 cm³/mol. The molecule has 2 aromatic heterocycles. The Morgan fingerprint density at radius 1 is 1.30 bits per heavy atom. The molecular formula is C22H22N4O5S2. The molecule has 0 spiro atoms. The number of rotatable bonds is 7. The fourth-order valence-electron chi connectivity index (χ4n) is 3.13. The van der Waals surface area contributed by atoms with Gasteiger partial charge in [0, 0.05) is 11.0 Å². The number of esters is 1. The number of allylic oxidation sites excluding steroid dienone is 4. The van der Waals surface area contributed by atoms with Crippen molar-refractivity contribution in [2.45, 2.75) is 25.2 Å². The number of sulfonamides is 1. The van der Waals surface area contributed by atoms with E-state index in [2.05, 4.69) is 29.2 Å². The molecule has 3 aromatic rings. The van der Waals surface area contributed by atoms with Crippen LogP contribution in [0.15, 0.2) is 59.0 Å². The lowest BCUT2D eigenvalue weighted by Gasteiger charge is -2.12. The van der Waals surface area contributed by atoms with Crippen molar-refractivity contribution in [3.05, 3.63) is 65.5 Å². The first-order chi connectivity index (χ1) is 15.7. The van der Waals surface area contributed by atoms with Gasteiger partial charge >= 0.3 is 5.97 Å². The van der Waals surface area contributed by atoms with Crippen LogP contribution in [0.1, 0.15) is 36.5 Å². The molecular weight excluding hydrogens is 464 g/mol. The molecule has 11 heteroatoms. The lowest BCUT2D eigenvalue weighted by molar-refractivity contribution is 0.0520. The van der Waals surface area contributed by atoms with Gasteiger partial charge in [-0.3, -0.25) is 0 Å². The number of carbonyl (C=O) groups is 1. The van der Waals surface area contributed by atoms with E-state index in [1.54, 1.807) is 23.2 Å². The van der Waals surface area contributed by atoms with Gasteiger partial charge in [0.25, 0.3) is 0 Å². The van der Waals surface area contributed by atoms with Crippen LogP contribution in [0.3, 0.4) is 0 Å². The molecule has 0 bridgehead atoms. The van der Waals surface area contributed by atoms with Crippen LogP contribution in [-0.4, -0.2) is 35.8 Å². The van der Waals surface area contributed by atoms with E-state index in [0.29, 0.717) is 28.2 Å². The molecule has 0 amide bonds. The molecule has 0 radical (unpaired) electrons. The van der Waals surface area contributed by atoms with Gasteiger partial charge < -0.3 is 9.47 Å². The number of aromatic nitrogens is 3. The van der Waals surface area contributed by atoms with Crippen molar-refractivity contribution in [1.82, 2.24) is 14.8 Å². The third-order valence-electron chi connectivity index (χ3n) is 4.82. The molecule has 9 nitrogen and oxygen atoms in total. The van der Waals surface area contributed by atoms with Crippen molar-refractivity contribution in [2.75, 3.05) is 6.61 Å². The molecule has 1 aliphatic rings. The Morgan fingerprint density at radius 2 is 2.06 bits per heavy atom. The highest BCUT2D eigenvalue weighted by molar-refractivity contribution is 7.89. The van der Waals surface area contributed by atoms with Gasteiger partial charge in [0.1, 0.15) is 11.4 Å². The van der Waals surface area contributed by atoms with E-state index in [-0.39, 0.29) is 17.2 Å². The molecule has 1 atom stereocenters. The first kappa shape index (κ1) is 22.9. The average Bonchev–Trinajstić information content (AvgIpc) is 3.42. The first-order valence-electron chi connectivity index (χ1n) is 10.2. The molecule has 0 aliphatic heterocycles. The molecule has 0 fully saturated rings. The lowest BCUT2D eigenvalue weighted by Crippen LogP contribution is -2.11. The van der Waals surface area contributed by atoms with Crippen molar-refractivity contribution >= 4 is 32.9 Å². The van der Waals surface area contributed by atoms with Crippen molar-refractivity contribution in [2.24, 2.45) is 11.1 Å². The Labute approximate surface area is 195 Å². The van der Waals surface area contributed by atoms with Gasteiger partial charge in [0.15, 0.2) is 11.4 Å². The van der Waals surface area contributed by atoms with Crippen LogP contribution in [0.2, 0.25) is 0 Å². The molecule has 2 heterocycles. The normalized spacial score (nSPS) is 15.8. The number of hydrogen-bond donors (Lipinski definition) is 1. The third kappa shape index (κ3) is 5.21. The largest absolute Gasteiger partial charge is 0.461 e. The minimum Gasteiger partial charge on any atom is -0.461 e. The molecule has 0 saturated heterocycles. The highest BCUT2D eigenvalue weighted by Crippen LogP contribution is 2.34. The number of primary sulfonamides is 1. The highest BCUT2D eigenvalue weighted by atomic mass is 32.2. The van der Waals surface area contributed by atoms with Gasteiger partial charge in [0.05, 0.1) is 17.7 Å². The Hall–Kier alpha value is -3.28. The topological polar surface area (TPSA) is 126 Å². The van der Waals surface area contributed by atoms with Crippen LogP contribution >= 0.6 is 11.3 Å². The van der Waals surface area contributed by atoms with Gasteiger partial charge in [-0.25, -0.2) is 28.0 Å². The zero-order valence-corrected chi connectivity index (χ0v) is 19.6. The van der Waals surface area contributed by atoms with Crippen molar-refractivity contribution in [3.63, 3.8) is 0 Å². The van der Waals surface area contributed by atoms with Gasteiger partial charge in [-0.05, 0) is 43.5 Å². The van der Waals surface area contributed by atoms with Gasteiger partial charge in [-0.1, -0.05) is 25.2 Å². The molecule has 0 saturated carbocycles. The van der Waals surface area contributed by atoms with Crippen LogP contribution < -0.4 is 9.88 Å². The Morgan fingerprint density at radius 3 is 2.70 bits per heavy atom. The highest BCUT2D eigenvalue weighted by Gasteiger charge is 2.20. The molecule has 172 valence electrons. The smallest absolute Gasteiger partial charge is 0.357 e. The number of hydrogen-bond acceptors (Lipinski definition) is 8. The van der Waals surface area contributed by atoms with Gasteiger partial charge in [-0.2, -0.15) is 5.10 Å². The molecule has 4 rings (SSSR count). The number of carbonyl (C=O) groups excluding carboxylic acids is 1. The summed E-state index contributed by atoms with van der Waals surface area (Å²) in [6, 6.07) is 5.80. The maximum absolute atomic E-state index is 12.0. The quantitative estimate of drug-likeness (QED) is 0.501. The fourth-order valence-corrected chi connectivity index (χ4v) is 4.36. The number of thiazole rings is 1. The summed E-state index contributed by atoms with van der Waals surface area (Å²) in [5.41, 5.74) is 1.70. The zero-order chi connectivity index (χ0) is 23.6. The summed E-state index contributed by atoms with van der Waals surface area (Å²) in [6.45, 7) is 4.12. The van der Waals surface area contributed by atoms with E-state index in [1.165, 1.54) is 35.6 Å². The summed E-state index contributed by atoms with van der Waals surface area (Å²) in [5, 5.41) is 11.9. The number of ether oxygens (including phenoxy) is 2. The molecule has 1 aliphatic carbocycles. The van der Waals surface area contributed by atoms with Crippen LogP contribution in [0.25, 0.3) is 10.7 Å². The monoisotopic (exact) mass is 486 g/mol. The van der Waals surface area contributed by atoms with E-state index in [1.807, 2.05) is 6.08 Å². The maximum Gasteiger partial charge on any atom is 0.357 e. The maximum atomic E-state index is 12.0. The summed E-state index contributed by atoms with van der Waals surface area (Å²) in [6.07, 6.45) is 8.71. The Balaban J connectivity index is 1.69. The average molecular weight is 487 g/mol. The van der Waals surface area contributed by atoms with Gasteiger partial charge in [-0.15, -0.1) is 11.3 Å². The second kappa shape index (κ2) is 9.30. The Bertz CT molecular complexity index is 1340. The van der Waals surface area contributed by atoms with E-state index in [0.717, 1.165) is 12.0 Å². The summed E-state index contributed by atoms with van der Waals surface area (Å²) in [7, 11) is -3.80. The second-order valence-electron chi connectivity index (χ2n) is 7.37. The lowest BCUT2D eigenvalue weighted by atomic mass is 9.97. The third-order valence-corrected chi connectivity index (χ3v) is 6.58.